The lowest BCUT2D eigenvalue weighted by Crippen LogP contribution is -2.41. The van der Waals surface area contributed by atoms with E-state index in [-0.39, 0.29) is 11.8 Å². The van der Waals surface area contributed by atoms with Crippen molar-refractivity contribution in [3.05, 3.63) is 41.6 Å². The van der Waals surface area contributed by atoms with Crippen LogP contribution in [0.1, 0.15) is 31.5 Å². The number of likely N-dealkylation sites (tertiary alicyclic amines) is 1. The monoisotopic (exact) mass is 341 g/mol. The molecule has 0 aliphatic carbocycles. The molecule has 6 nitrogen and oxygen atoms in total. The number of carbonyl (C=O) groups excluding carboxylic acids is 1. The Kier molecular flexibility index (Phi) is 4.11. The van der Waals surface area contributed by atoms with Gasteiger partial charge in [0.25, 0.3) is 5.91 Å². The van der Waals surface area contributed by atoms with E-state index < -0.39 is 0 Å². The van der Waals surface area contributed by atoms with E-state index in [9.17, 15) is 4.79 Å². The number of hydrogen-bond acceptors (Lipinski definition) is 4. The van der Waals surface area contributed by atoms with Crippen LogP contribution in [0.4, 0.5) is 0 Å². The molecule has 2 aromatic rings. The fourth-order valence-corrected chi connectivity index (χ4v) is 3.76. The Labute approximate surface area is 147 Å². The van der Waals surface area contributed by atoms with Crippen molar-refractivity contribution in [2.45, 2.75) is 25.7 Å². The van der Waals surface area contributed by atoms with Gasteiger partial charge in [-0.3, -0.25) is 4.79 Å². The second-order valence-corrected chi connectivity index (χ2v) is 6.69. The van der Waals surface area contributed by atoms with Crippen molar-refractivity contribution in [3.63, 3.8) is 0 Å². The molecular weight excluding hydrogens is 318 g/mol. The molecule has 1 aromatic carbocycles. The third-order valence-electron chi connectivity index (χ3n) is 5.06. The van der Waals surface area contributed by atoms with Crippen molar-refractivity contribution in [2.75, 3.05) is 26.3 Å². The van der Waals surface area contributed by atoms with Gasteiger partial charge in [0.2, 0.25) is 5.76 Å². The predicted molar refractivity (Wildman–Crippen MR) is 93.9 cm³/mol. The molecule has 0 N–H and O–H groups in total. The van der Waals surface area contributed by atoms with Gasteiger partial charge in [-0.15, -0.1) is 0 Å². The van der Waals surface area contributed by atoms with Crippen LogP contribution in [0.2, 0.25) is 0 Å². The minimum Gasteiger partial charge on any atom is -0.491 e. The Morgan fingerprint density at radius 1 is 1.24 bits per heavy atom. The van der Waals surface area contributed by atoms with Crippen LogP contribution in [-0.4, -0.2) is 46.7 Å². The molecule has 2 aliphatic heterocycles. The molecule has 1 atom stereocenters. The zero-order valence-corrected chi connectivity index (χ0v) is 14.7. The van der Waals surface area contributed by atoms with Crippen LogP contribution in [0.15, 0.2) is 35.8 Å². The molecule has 0 radical (unpaired) electrons. The number of carbonyl (C=O) groups is 1. The maximum absolute atomic E-state index is 12.8. The summed E-state index contributed by atoms with van der Waals surface area (Å²) >= 11 is 0. The Bertz CT molecular complexity index is 840. The smallest absolute Gasteiger partial charge is 0.292 e. The number of imidazole rings is 1. The van der Waals surface area contributed by atoms with Crippen LogP contribution in [-0.2, 0) is 21.3 Å². The fraction of sp³-hybridized carbons (Fsp3) is 0.474. The summed E-state index contributed by atoms with van der Waals surface area (Å²) in [5, 5.41) is 0. The highest BCUT2D eigenvalue weighted by molar-refractivity contribution is 5.92. The number of para-hydroxylation sites is 2. The summed E-state index contributed by atoms with van der Waals surface area (Å²) < 4.78 is 13.2. The average Bonchev–Trinajstić information content (AvgIpc) is 2.99. The first-order valence-corrected chi connectivity index (χ1v) is 8.82. The van der Waals surface area contributed by atoms with Crippen LogP contribution in [0.5, 0.6) is 0 Å². The summed E-state index contributed by atoms with van der Waals surface area (Å²) in [7, 11) is 2.05. The summed E-state index contributed by atoms with van der Waals surface area (Å²) in [6.45, 7) is 4.14. The molecule has 0 bridgehead atoms. The van der Waals surface area contributed by atoms with Gasteiger partial charge in [-0.2, -0.15) is 0 Å². The van der Waals surface area contributed by atoms with Crippen molar-refractivity contribution in [1.29, 1.82) is 0 Å². The van der Waals surface area contributed by atoms with Crippen molar-refractivity contribution in [3.8, 4) is 0 Å². The van der Waals surface area contributed by atoms with Crippen molar-refractivity contribution in [1.82, 2.24) is 14.5 Å². The molecule has 0 saturated carbocycles. The van der Waals surface area contributed by atoms with Crippen molar-refractivity contribution < 1.29 is 14.3 Å². The minimum atomic E-state index is -0.0688. The number of allylic oxidation sites excluding steroid dienone is 1. The average molecular weight is 341 g/mol. The van der Waals surface area contributed by atoms with E-state index in [1.165, 1.54) is 0 Å². The molecule has 4 rings (SSSR count). The first-order chi connectivity index (χ1) is 12.1. The maximum Gasteiger partial charge on any atom is 0.292 e. The normalized spacial score (nSPS) is 21.2. The van der Waals surface area contributed by atoms with E-state index in [1.807, 2.05) is 23.1 Å². The number of aryl methyl sites for hydroxylation is 1. The molecule has 25 heavy (non-hydrogen) atoms. The zero-order chi connectivity index (χ0) is 17.4. The first-order valence-electron chi connectivity index (χ1n) is 8.82. The Morgan fingerprint density at radius 3 is 2.84 bits per heavy atom. The van der Waals surface area contributed by atoms with E-state index in [4.69, 9.17) is 14.5 Å². The largest absolute Gasteiger partial charge is 0.491 e. The Balaban J connectivity index is 1.58. The number of piperidine rings is 1. The Hall–Kier alpha value is -2.50. The van der Waals surface area contributed by atoms with Crippen LogP contribution in [0.25, 0.3) is 11.0 Å². The summed E-state index contributed by atoms with van der Waals surface area (Å²) in [6, 6.07) is 8.15. The molecule has 3 heterocycles. The lowest BCUT2D eigenvalue weighted by Gasteiger charge is -2.33. The van der Waals surface area contributed by atoms with Crippen LogP contribution in [0, 0.1) is 0 Å². The van der Waals surface area contributed by atoms with E-state index in [0.717, 1.165) is 36.2 Å². The molecule has 2 aliphatic rings. The molecule has 0 spiro atoms. The predicted octanol–water partition coefficient (Wildman–Crippen LogP) is 2.56. The quantitative estimate of drug-likeness (QED) is 0.842. The maximum atomic E-state index is 12.8. The molecule has 1 saturated heterocycles. The number of hydrogen-bond donors (Lipinski definition) is 0. The van der Waals surface area contributed by atoms with E-state index in [0.29, 0.717) is 31.3 Å². The highest BCUT2D eigenvalue weighted by atomic mass is 16.6. The molecule has 1 fully saturated rings. The van der Waals surface area contributed by atoms with Gasteiger partial charge in [-0.25, -0.2) is 4.98 Å². The van der Waals surface area contributed by atoms with Gasteiger partial charge in [0.1, 0.15) is 24.8 Å². The van der Waals surface area contributed by atoms with Gasteiger partial charge in [0, 0.05) is 26.1 Å². The van der Waals surface area contributed by atoms with Gasteiger partial charge < -0.3 is 18.9 Å². The number of ether oxygens (including phenoxy) is 2. The van der Waals surface area contributed by atoms with Gasteiger partial charge in [-0.05, 0) is 31.9 Å². The number of amides is 1. The minimum absolute atomic E-state index is 0.0688. The zero-order valence-electron chi connectivity index (χ0n) is 14.7. The van der Waals surface area contributed by atoms with E-state index >= 15 is 0 Å². The second kappa shape index (κ2) is 6.43. The van der Waals surface area contributed by atoms with Crippen molar-refractivity contribution >= 4 is 16.9 Å². The number of aromatic nitrogens is 2. The molecule has 1 unspecified atom stereocenters. The van der Waals surface area contributed by atoms with E-state index in [2.05, 4.69) is 17.7 Å². The number of benzene rings is 1. The third-order valence-corrected chi connectivity index (χ3v) is 5.06. The summed E-state index contributed by atoms with van der Waals surface area (Å²) in [5.41, 5.74) is 2.13. The number of rotatable bonds is 2. The van der Waals surface area contributed by atoms with Crippen molar-refractivity contribution in [2.24, 2.45) is 7.05 Å². The summed E-state index contributed by atoms with van der Waals surface area (Å²) in [4.78, 5) is 19.5. The molecule has 1 amide bonds. The third kappa shape index (κ3) is 2.86. The van der Waals surface area contributed by atoms with Gasteiger partial charge in [0.05, 0.1) is 11.0 Å². The lowest BCUT2D eigenvalue weighted by molar-refractivity contribution is -0.134. The van der Waals surface area contributed by atoms with Crippen LogP contribution in [0.3, 0.4) is 0 Å². The van der Waals surface area contributed by atoms with Crippen LogP contribution >= 0.6 is 0 Å². The van der Waals surface area contributed by atoms with E-state index in [1.54, 1.807) is 6.92 Å². The van der Waals surface area contributed by atoms with Gasteiger partial charge in [0.15, 0.2) is 0 Å². The van der Waals surface area contributed by atoms with Gasteiger partial charge in [-0.1, -0.05) is 12.1 Å². The Morgan fingerprint density at radius 2 is 2.04 bits per heavy atom. The topological polar surface area (TPSA) is 56.6 Å². The standard InChI is InChI=1S/C19H23N3O3/c1-13-17(25-11-10-24-13)19(23)22-9-5-6-14(12-22)18-20-15-7-3-4-8-16(15)21(18)2/h3-4,7-8,14H,5-6,9-12H2,1-2H3. The highest BCUT2D eigenvalue weighted by Gasteiger charge is 2.31. The fourth-order valence-electron chi connectivity index (χ4n) is 3.76. The molecule has 6 heteroatoms. The molecule has 1 aromatic heterocycles. The van der Waals surface area contributed by atoms with Gasteiger partial charge >= 0.3 is 0 Å². The van der Waals surface area contributed by atoms with Crippen LogP contribution < -0.4 is 0 Å². The second-order valence-electron chi connectivity index (χ2n) is 6.69. The highest BCUT2D eigenvalue weighted by Crippen LogP contribution is 2.30. The molecule has 132 valence electrons. The SMILES string of the molecule is CC1=C(C(=O)N2CCCC(c3nc4ccccc4n3C)C2)OCCO1. The first kappa shape index (κ1) is 16.0. The number of nitrogens with zero attached hydrogens (tertiary/aromatic N) is 3. The number of fused-ring (bicyclic) bond motifs is 1. The summed E-state index contributed by atoms with van der Waals surface area (Å²) in [6.07, 6.45) is 2.00. The lowest BCUT2D eigenvalue weighted by atomic mass is 9.97. The summed E-state index contributed by atoms with van der Waals surface area (Å²) in [5.74, 6) is 2.16. The molecular formula is C19H23N3O3.